The summed E-state index contributed by atoms with van der Waals surface area (Å²) in [5, 5.41) is 0. The summed E-state index contributed by atoms with van der Waals surface area (Å²) in [6, 6.07) is 8.01. The molecule has 2 aromatic rings. The van der Waals surface area contributed by atoms with Gasteiger partial charge in [0.15, 0.2) is 11.5 Å². The third-order valence-corrected chi connectivity index (χ3v) is 5.33. The van der Waals surface area contributed by atoms with E-state index in [1.165, 1.54) is 5.56 Å². The third-order valence-electron chi connectivity index (χ3n) is 4.46. The van der Waals surface area contributed by atoms with Crippen LogP contribution in [0.2, 0.25) is 0 Å². The molecule has 0 N–H and O–H groups in total. The van der Waals surface area contributed by atoms with Crippen LogP contribution in [-0.2, 0) is 11.3 Å². The molecule has 0 saturated heterocycles. The summed E-state index contributed by atoms with van der Waals surface area (Å²) < 4.78 is 28.6. The van der Waals surface area contributed by atoms with Gasteiger partial charge in [0, 0.05) is 5.92 Å². The molecule has 0 saturated carbocycles. The second-order valence-corrected chi connectivity index (χ2v) is 6.47. The standard InChI is InChI=1S/C19H21BrO5/c1-21-15-6-5-12-13(9-25-10-14(12)18(15)20)11-7-16(22-2)19(24-4)17(8-11)23-3/h5-8,13H,9-10H2,1-4H3. The quantitative estimate of drug-likeness (QED) is 0.743. The summed E-state index contributed by atoms with van der Waals surface area (Å²) in [6.45, 7) is 1.14. The van der Waals surface area contributed by atoms with E-state index in [1.807, 2.05) is 18.2 Å². The Morgan fingerprint density at radius 2 is 1.56 bits per heavy atom. The summed E-state index contributed by atoms with van der Waals surface area (Å²) in [6.07, 6.45) is 0. The van der Waals surface area contributed by atoms with Gasteiger partial charge in [-0.25, -0.2) is 0 Å². The van der Waals surface area contributed by atoms with Gasteiger partial charge in [-0.05, 0) is 50.8 Å². The van der Waals surface area contributed by atoms with Crippen molar-refractivity contribution in [3.63, 3.8) is 0 Å². The Hall–Kier alpha value is -1.92. The minimum Gasteiger partial charge on any atom is -0.496 e. The highest BCUT2D eigenvalue weighted by Gasteiger charge is 2.27. The summed E-state index contributed by atoms with van der Waals surface area (Å²) >= 11 is 3.63. The van der Waals surface area contributed by atoms with Crippen LogP contribution in [0, 0.1) is 0 Å². The molecule has 0 aliphatic carbocycles. The van der Waals surface area contributed by atoms with Crippen LogP contribution in [0.3, 0.4) is 0 Å². The van der Waals surface area contributed by atoms with Gasteiger partial charge < -0.3 is 23.7 Å². The van der Waals surface area contributed by atoms with E-state index in [1.54, 1.807) is 28.4 Å². The Bertz CT molecular complexity index is 750. The molecule has 0 fully saturated rings. The fourth-order valence-corrected chi connectivity index (χ4v) is 3.83. The average Bonchev–Trinajstić information content (AvgIpc) is 2.66. The van der Waals surface area contributed by atoms with Crippen molar-refractivity contribution in [1.82, 2.24) is 0 Å². The number of halogens is 1. The van der Waals surface area contributed by atoms with Gasteiger partial charge in [-0.2, -0.15) is 0 Å². The second-order valence-electron chi connectivity index (χ2n) is 5.68. The first-order valence-electron chi connectivity index (χ1n) is 7.87. The molecule has 1 atom stereocenters. The zero-order chi connectivity index (χ0) is 18.0. The van der Waals surface area contributed by atoms with E-state index in [0.29, 0.717) is 30.5 Å². The highest BCUT2D eigenvalue weighted by Crippen LogP contribution is 2.44. The van der Waals surface area contributed by atoms with Crippen molar-refractivity contribution in [3.8, 4) is 23.0 Å². The van der Waals surface area contributed by atoms with Crippen molar-refractivity contribution in [2.24, 2.45) is 0 Å². The fraction of sp³-hybridized carbons (Fsp3) is 0.368. The van der Waals surface area contributed by atoms with Gasteiger partial charge in [0.05, 0.1) is 46.1 Å². The van der Waals surface area contributed by atoms with E-state index in [0.717, 1.165) is 21.3 Å². The highest BCUT2D eigenvalue weighted by molar-refractivity contribution is 9.10. The lowest BCUT2D eigenvalue weighted by Crippen LogP contribution is -2.18. The third kappa shape index (κ3) is 3.16. The van der Waals surface area contributed by atoms with Crippen LogP contribution >= 0.6 is 15.9 Å². The van der Waals surface area contributed by atoms with E-state index in [-0.39, 0.29) is 5.92 Å². The molecule has 0 aromatic heterocycles. The molecule has 0 radical (unpaired) electrons. The Balaban J connectivity index is 2.12. The first-order chi connectivity index (χ1) is 12.1. The Morgan fingerprint density at radius 3 is 2.12 bits per heavy atom. The predicted molar refractivity (Wildman–Crippen MR) is 98.3 cm³/mol. The largest absolute Gasteiger partial charge is 0.496 e. The SMILES string of the molecule is COc1ccc2c(c1Br)COCC2c1cc(OC)c(OC)c(OC)c1. The fourth-order valence-electron chi connectivity index (χ4n) is 3.19. The van der Waals surface area contributed by atoms with Crippen LogP contribution in [0.15, 0.2) is 28.7 Å². The molecular formula is C19H21BrO5. The molecule has 1 aliphatic heterocycles. The van der Waals surface area contributed by atoms with Gasteiger partial charge in [-0.1, -0.05) is 6.07 Å². The van der Waals surface area contributed by atoms with E-state index in [4.69, 9.17) is 23.7 Å². The van der Waals surface area contributed by atoms with Gasteiger partial charge in [0.1, 0.15) is 5.75 Å². The van der Waals surface area contributed by atoms with E-state index < -0.39 is 0 Å². The number of benzene rings is 2. The molecule has 1 unspecified atom stereocenters. The maximum absolute atomic E-state index is 5.85. The van der Waals surface area contributed by atoms with Crippen LogP contribution < -0.4 is 18.9 Å². The molecular weight excluding hydrogens is 388 g/mol. The molecule has 6 heteroatoms. The molecule has 0 bridgehead atoms. The van der Waals surface area contributed by atoms with Crippen LogP contribution in [0.1, 0.15) is 22.6 Å². The lowest BCUT2D eigenvalue weighted by Gasteiger charge is -2.28. The van der Waals surface area contributed by atoms with Crippen molar-refractivity contribution in [1.29, 1.82) is 0 Å². The molecule has 2 aromatic carbocycles. The Morgan fingerprint density at radius 1 is 0.920 bits per heavy atom. The van der Waals surface area contributed by atoms with Crippen molar-refractivity contribution in [3.05, 3.63) is 45.4 Å². The molecule has 25 heavy (non-hydrogen) atoms. The number of hydrogen-bond acceptors (Lipinski definition) is 5. The van der Waals surface area contributed by atoms with Gasteiger partial charge in [-0.3, -0.25) is 0 Å². The van der Waals surface area contributed by atoms with Crippen LogP contribution in [-0.4, -0.2) is 35.0 Å². The van der Waals surface area contributed by atoms with Crippen molar-refractivity contribution >= 4 is 15.9 Å². The maximum Gasteiger partial charge on any atom is 0.203 e. The number of rotatable bonds is 5. The topological polar surface area (TPSA) is 46.2 Å². The van der Waals surface area contributed by atoms with Gasteiger partial charge in [-0.15, -0.1) is 0 Å². The number of ether oxygens (including phenoxy) is 5. The first kappa shape index (κ1) is 17.9. The van der Waals surface area contributed by atoms with Crippen molar-refractivity contribution in [2.45, 2.75) is 12.5 Å². The first-order valence-corrected chi connectivity index (χ1v) is 8.66. The van der Waals surface area contributed by atoms with Gasteiger partial charge in [0.25, 0.3) is 0 Å². The van der Waals surface area contributed by atoms with E-state index in [9.17, 15) is 0 Å². The zero-order valence-corrected chi connectivity index (χ0v) is 16.3. The Labute approximate surface area is 155 Å². The number of hydrogen-bond donors (Lipinski definition) is 0. The smallest absolute Gasteiger partial charge is 0.203 e. The van der Waals surface area contributed by atoms with Crippen molar-refractivity contribution in [2.75, 3.05) is 35.0 Å². The molecule has 1 heterocycles. The maximum atomic E-state index is 5.85. The number of methoxy groups -OCH3 is 4. The minimum atomic E-state index is 0.0691. The van der Waals surface area contributed by atoms with Crippen LogP contribution in [0.25, 0.3) is 0 Å². The second kappa shape index (κ2) is 7.54. The summed E-state index contributed by atoms with van der Waals surface area (Å²) in [5.74, 6) is 2.72. The van der Waals surface area contributed by atoms with Crippen LogP contribution in [0.4, 0.5) is 0 Å². The minimum absolute atomic E-state index is 0.0691. The molecule has 5 nitrogen and oxygen atoms in total. The lowest BCUT2D eigenvalue weighted by atomic mass is 9.87. The molecule has 1 aliphatic rings. The van der Waals surface area contributed by atoms with Crippen LogP contribution in [0.5, 0.6) is 23.0 Å². The molecule has 0 spiro atoms. The average molecular weight is 409 g/mol. The summed E-state index contributed by atoms with van der Waals surface area (Å²) in [4.78, 5) is 0. The van der Waals surface area contributed by atoms with E-state index in [2.05, 4.69) is 22.0 Å². The monoisotopic (exact) mass is 408 g/mol. The normalized spacial score (nSPS) is 16.1. The van der Waals surface area contributed by atoms with Gasteiger partial charge in [0.2, 0.25) is 5.75 Å². The number of fused-ring (bicyclic) bond motifs is 1. The molecule has 0 amide bonds. The van der Waals surface area contributed by atoms with Gasteiger partial charge >= 0.3 is 0 Å². The van der Waals surface area contributed by atoms with E-state index >= 15 is 0 Å². The van der Waals surface area contributed by atoms with Crippen molar-refractivity contribution < 1.29 is 23.7 Å². The summed E-state index contributed by atoms with van der Waals surface area (Å²) in [5.41, 5.74) is 3.35. The lowest BCUT2D eigenvalue weighted by molar-refractivity contribution is 0.0985. The Kier molecular flexibility index (Phi) is 5.39. The molecule has 3 rings (SSSR count). The summed E-state index contributed by atoms with van der Waals surface area (Å²) in [7, 11) is 6.50. The zero-order valence-electron chi connectivity index (χ0n) is 14.7. The predicted octanol–water partition coefficient (Wildman–Crippen LogP) is 4.15. The molecule has 134 valence electrons. The highest BCUT2D eigenvalue weighted by atomic mass is 79.9.